The minimum absolute atomic E-state index is 0.250. The van der Waals surface area contributed by atoms with Crippen LogP contribution < -0.4 is 16.0 Å². The third-order valence-corrected chi connectivity index (χ3v) is 4.72. The van der Waals surface area contributed by atoms with Gasteiger partial charge >= 0.3 is 6.03 Å². The highest BCUT2D eigenvalue weighted by molar-refractivity contribution is 6.07. The highest BCUT2D eigenvalue weighted by Crippen LogP contribution is 2.26. The van der Waals surface area contributed by atoms with E-state index in [1.807, 2.05) is 0 Å². The van der Waals surface area contributed by atoms with Gasteiger partial charge in [0.2, 0.25) is 0 Å². The summed E-state index contributed by atoms with van der Waals surface area (Å²) >= 11 is 0. The summed E-state index contributed by atoms with van der Waals surface area (Å²) < 4.78 is 14.7. The van der Waals surface area contributed by atoms with Crippen molar-refractivity contribution in [1.29, 1.82) is 0 Å². The smallest absolute Gasteiger partial charge is 0.321 e. The van der Waals surface area contributed by atoms with E-state index in [2.05, 4.69) is 20.9 Å². The van der Waals surface area contributed by atoms with Crippen LogP contribution in [0.1, 0.15) is 23.0 Å². The largest absolute Gasteiger partial charge is 0.322 e. The van der Waals surface area contributed by atoms with Gasteiger partial charge in [0, 0.05) is 11.4 Å². The third-order valence-electron chi connectivity index (χ3n) is 4.72. The molecular weight excluding hydrogens is 377 g/mol. The molecule has 8 nitrogen and oxygen atoms in total. The summed E-state index contributed by atoms with van der Waals surface area (Å²) in [4.78, 5) is 40.4. The zero-order chi connectivity index (χ0) is 20.6. The maximum atomic E-state index is 13.2. The summed E-state index contributed by atoms with van der Waals surface area (Å²) in [7, 11) is 0. The zero-order valence-corrected chi connectivity index (χ0v) is 15.3. The Balaban J connectivity index is 1.59. The van der Waals surface area contributed by atoms with Crippen molar-refractivity contribution in [2.24, 2.45) is 0 Å². The lowest BCUT2D eigenvalue weighted by molar-refractivity contribution is -0.123. The Morgan fingerprint density at radius 1 is 1.17 bits per heavy atom. The maximum Gasteiger partial charge on any atom is 0.322 e. The fourth-order valence-electron chi connectivity index (χ4n) is 3.12. The number of hydrogen-bond donors (Lipinski definition) is 3. The molecule has 1 aliphatic rings. The van der Waals surface area contributed by atoms with Crippen LogP contribution in [-0.4, -0.2) is 27.4 Å². The quantitative estimate of drug-likeness (QED) is 0.592. The third kappa shape index (κ3) is 3.33. The Hall–Kier alpha value is -4.01. The van der Waals surface area contributed by atoms with Crippen LogP contribution >= 0.6 is 0 Å². The molecule has 1 saturated heterocycles. The first kappa shape index (κ1) is 18.4. The number of imide groups is 1. The van der Waals surface area contributed by atoms with Gasteiger partial charge in [-0.1, -0.05) is 12.1 Å². The first-order chi connectivity index (χ1) is 13.9. The second-order valence-corrected chi connectivity index (χ2v) is 6.69. The highest BCUT2D eigenvalue weighted by Gasteiger charge is 2.43. The molecule has 4 amide bonds. The minimum atomic E-state index is -1.23. The lowest BCUT2D eigenvalue weighted by Gasteiger charge is -2.21. The van der Waals surface area contributed by atoms with E-state index in [4.69, 9.17) is 0 Å². The molecule has 2 heterocycles. The van der Waals surface area contributed by atoms with Gasteiger partial charge in [-0.3, -0.25) is 19.5 Å². The number of urea groups is 1. The average molecular weight is 393 g/mol. The predicted molar refractivity (Wildman–Crippen MR) is 102 cm³/mol. The van der Waals surface area contributed by atoms with Crippen LogP contribution in [0, 0.1) is 5.82 Å². The molecule has 1 fully saturated rings. The second-order valence-electron chi connectivity index (χ2n) is 6.69. The van der Waals surface area contributed by atoms with E-state index >= 15 is 0 Å². The number of carbonyl (C=O) groups excluding carboxylic acids is 3. The van der Waals surface area contributed by atoms with Gasteiger partial charge in [-0.05, 0) is 48.9 Å². The number of carbonyl (C=O) groups is 3. The molecule has 0 spiro atoms. The number of aromatic nitrogens is 2. The second kappa shape index (κ2) is 6.86. The number of anilines is 1. The lowest BCUT2D eigenvalue weighted by Crippen LogP contribution is -2.40. The molecule has 29 heavy (non-hydrogen) atoms. The Kier molecular flexibility index (Phi) is 4.34. The number of amides is 4. The summed E-state index contributed by atoms with van der Waals surface area (Å²) in [6.07, 6.45) is 2.85. The van der Waals surface area contributed by atoms with Crippen molar-refractivity contribution >= 4 is 23.5 Å². The monoisotopic (exact) mass is 393 g/mol. The van der Waals surface area contributed by atoms with Crippen molar-refractivity contribution in [1.82, 2.24) is 20.2 Å². The van der Waals surface area contributed by atoms with Gasteiger partial charge in [0.25, 0.3) is 11.8 Å². The van der Waals surface area contributed by atoms with Crippen LogP contribution in [0.4, 0.5) is 14.9 Å². The van der Waals surface area contributed by atoms with Crippen molar-refractivity contribution in [3.63, 3.8) is 0 Å². The zero-order valence-electron chi connectivity index (χ0n) is 15.3. The fourth-order valence-corrected chi connectivity index (χ4v) is 3.12. The van der Waals surface area contributed by atoms with Crippen LogP contribution in [0.15, 0.2) is 61.1 Å². The molecule has 1 aliphatic heterocycles. The maximum absolute atomic E-state index is 13.2. The van der Waals surface area contributed by atoms with E-state index in [1.54, 1.807) is 31.2 Å². The Bertz CT molecular complexity index is 1130. The molecule has 1 atom stereocenters. The first-order valence-corrected chi connectivity index (χ1v) is 8.70. The molecule has 3 N–H and O–H groups in total. The van der Waals surface area contributed by atoms with Gasteiger partial charge in [0.1, 0.15) is 17.1 Å². The Morgan fingerprint density at radius 3 is 2.62 bits per heavy atom. The van der Waals surface area contributed by atoms with Crippen LogP contribution in [0.3, 0.4) is 0 Å². The molecule has 146 valence electrons. The number of benzene rings is 2. The van der Waals surface area contributed by atoms with E-state index < -0.39 is 23.4 Å². The molecule has 0 aliphatic carbocycles. The molecule has 0 radical (unpaired) electrons. The van der Waals surface area contributed by atoms with E-state index in [1.165, 1.54) is 41.4 Å². The number of rotatable bonds is 4. The first-order valence-electron chi connectivity index (χ1n) is 8.70. The fraction of sp³-hybridized carbons (Fsp3) is 0.100. The highest BCUT2D eigenvalue weighted by atomic mass is 19.1. The number of hydrogen-bond acceptors (Lipinski definition) is 4. The normalized spacial score (nSPS) is 18.3. The molecule has 0 saturated carbocycles. The topological polar surface area (TPSA) is 105 Å². The van der Waals surface area contributed by atoms with Gasteiger partial charge in [0.15, 0.2) is 0 Å². The molecule has 9 heteroatoms. The van der Waals surface area contributed by atoms with Gasteiger partial charge < -0.3 is 10.6 Å². The van der Waals surface area contributed by atoms with E-state index in [0.717, 1.165) is 0 Å². The van der Waals surface area contributed by atoms with E-state index in [0.29, 0.717) is 16.9 Å². The standard InChI is InChI=1S/C20H16FN5O3/c1-20(18(28)24-19(29)25-20)12-3-2-4-14(9-12)23-17(27)16-10-22-11-26(16)15-7-5-13(21)6-8-15/h2-11H,1H3,(H,23,27)(H2,24,25,28,29)/t20-/m1/s1. The SMILES string of the molecule is C[C@]1(c2cccc(NC(=O)c3cncn3-c3ccc(F)cc3)c2)NC(=O)NC1=O. The molecule has 0 bridgehead atoms. The summed E-state index contributed by atoms with van der Waals surface area (Å²) in [5.74, 6) is -1.29. The van der Waals surface area contributed by atoms with Crippen LogP contribution in [0.2, 0.25) is 0 Å². The number of nitrogens with one attached hydrogen (secondary N) is 3. The number of halogens is 1. The van der Waals surface area contributed by atoms with Gasteiger partial charge in [-0.25, -0.2) is 14.2 Å². The van der Waals surface area contributed by atoms with Gasteiger partial charge in [-0.2, -0.15) is 0 Å². The summed E-state index contributed by atoms with van der Waals surface area (Å²) in [5, 5.41) is 7.54. The van der Waals surface area contributed by atoms with Crippen molar-refractivity contribution in [3.05, 3.63) is 78.1 Å². The van der Waals surface area contributed by atoms with E-state index in [-0.39, 0.29) is 11.5 Å². The van der Waals surface area contributed by atoms with Crippen LogP contribution in [0.5, 0.6) is 0 Å². The van der Waals surface area contributed by atoms with Gasteiger partial charge in [-0.15, -0.1) is 0 Å². The van der Waals surface area contributed by atoms with Crippen LogP contribution in [-0.2, 0) is 10.3 Å². The van der Waals surface area contributed by atoms with Crippen LogP contribution in [0.25, 0.3) is 5.69 Å². The minimum Gasteiger partial charge on any atom is -0.321 e. The number of imidazole rings is 1. The van der Waals surface area contributed by atoms with Crippen molar-refractivity contribution in [3.8, 4) is 5.69 Å². The molecule has 4 rings (SSSR count). The molecule has 2 aromatic carbocycles. The summed E-state index contributed by atoms with van der Waals surface area (Å²) in [6.45, 7) is 1.58. The van der Waals surface area contributed by atoms with Crippen molar-refractivity contribution < 1.29 is 18.8 Å². The van der Waals surface area contributed by atoms with Gasteiger partial charge in [0.05, 0.1) is 12.5 Å². The molecular formula is C20H16FN5O3. The Labute approximate surface area is 164 Å². The summed E-state index contributed by atoms with van der Waals surface area (Å²) in [5.41, 5.74) is 0.564. The Morgan fingerprint density at radius 2 is 1.93 bits per heavy atom. The molecule has 3 aromatic rings. The summed E-state index contributed by atoms with van der Waals surface area (Å²) in [6, 6.07) is 11.7. The average Bonchev–Trinajstić information content (AvgIpc) is 3.28. The van der Waals surface area contributed by atoms with Crippen molar-refractivity contribution in [2.75, 3.05) is 5.32 Å². The van der Waals surface area contributed by atoms with Crippen molar-refractivity contribution in [2.45, 2.75) is 12.5 Å². The molecule has 1 aromatic heterocycles. The van der Waals surface area contributed by atoms with E-state index in [9.17, 15) is 18.8 Å². The predicted octanol–water partition coefficient (Wildman–Crippen LogP) is 2.32. The number of nitrogens with zero attached hydrogens (tertiary/aromatic N) is 2. The molecule has 0 unspecified atom stereocenters. The lowest BCUT2D eigenvalue weighted by atomic mass is 9.92.